The number of hydrogen-bond donors (Lipinski definition) is 1. The standard InChI is InChI=1S/C19H20N4O3S/c1-3-25-17-6-4-5-7-18(17)26-12-15-10-14(8-9-16(15)24-2)11-21-23-13-20-22-19(23)27/h4-11,13H,3,12H2,1-2H3,(H,22,27)/b21-11-. The van der Waals surface area contributed by atoms with Crippen LogP contribution in [0.3, 0.4) is 0 Å². The van der Waals surface area contributed by atoms with Crippen molar-refractivity contribution in [2.45, 2.75) is 13.5 Å². The number of rotatable bonds is 8. The van der Waals surface area contributed by atoms with Crippen LogP contribution in [0.5, 0.6) is 17.2 Å². The molecule has 1 aromatic heterocycles. The van der Waals surface area contributed by atoms with Gasteiger partial charge in [0, 0.05) is 5.56 Å². The zero-order chi connectivity index (χ0) is 19.1. The fourth-order valence-electron chi connectivity index (χ4n) is 2.44. The summed E-state index contributed by atoms with van der Waals surface area (Å²) in [5, 5.41) is 10.8. The molecule has 2 aromatic carbocycles. The molecule has 0 spiro atoms. The first kappa shape index (κ1) is 18.7. The predicted octanol–water partition coefficient (Wildman–Crippen LogP) is 3.81. The zero-order valence-corrected chi connectivity index (χ0v) is 15.9. The fourth-order valence-corrected chi connectivity index (χ4v) is 2.59. The van der Waals surface area contributed by atoms with E-state index in [4.69, 9.17) is 26.4 Å². The third kappa shape index (κ3) is 4.73. The molecule has 0 bridgehead atoms. The van der Waals surface area contributed by atoms with E-state index in [1.165, 1.54) is 11.0 Å². The molecular weight excluding hydrogens is 364 g/mol. The van der Waals surface area contributed by atoms with Crippen molar-refractivity contribution in [2.24, 2.45) is 5.10 Å². The Balaban J connectivity index is 1.79. The lowest BCUT2D eigenvalue weighted by atomic mass is 10.1. The van der Waals surface area contributed by atoms with Crippen LogP contribution >= 0.6 is 12.2 Å². The Morgan fingerprint density at radius 3 is 2.59 bits per heavy atom. The number of ether oxygens (including phenoxy) is 3. The third-order valence-corrected chi connectivity index (χ3v) is 3.98. The van der Waals surface area contributed by atoms with Gasteiger partial charge in [-0.05, 0) is 55.0 Å². The molecule has 0 unspecified atom stereocenters. The highest BCUT2D eigenvalue weighted by atomic mass is 32.1. The number of aromatic nitrogens is 3. The number of para-hydroxylation sites is 2. The molecule has 0 aliphatic heterocycles. The van der Waals surface area contributed by atoms with Gasteiger partial charge < -0.3 is 14.2 Å². The molecule has 0 fully saturated rings. The molecule has 140 valence electrons. The van der Waals surface area contributed by atoms with Crippen molar-refractivity contribution in [3.63, 3.8) is 0 Å². The maximum atomic E-state index is 5.96. The van der Waals surface area contributed by atoms with Gasteiger partial charge in [-0.1, -0.05) is 12.1 Å². The molecule has 0 saturated carbocycles. The Bertz CT molecular complexity index is 981. The maximum Gasteiger partial charge on any atom is 0.216 e. The highest BCUT2D eigenvalue weighted by Gasteiger charge is 2.08. The molecule has 1 heterocycles. The Morgan fingerprint density at radius 1 is 1.15 bits per heavy atom. The van der Waals surface area contributed by atoms with Crippen LogP contribution in [0.15, 0.2) is 53.9 Å². The summed E-state index contributed by atoms with van der Waals surface area (Å²) in [7, 11) is 1.63. The van der Waals surface area contributed by atoms with Crippen molar-refractivity contribution in [3.05, 3.63) is 64.7 Å². The lowest BCUT2D eigenvalue weighted by Gasteiger charge is -2.14. The molecule has 27 heavy (non-hydrogen) atoms. The molecule has 8 heteroatoms. The molecular formula is C19H20N4O3S. The molecule has 0 aliphatic carbocycles. The van der Waals surface area contributed by atoms with Crippen LogP contribution in [-0.2, 0) is 6.61 Å². The van der Waals surface area contributed by atoms with Crippen LogP contribution in [-0.4, -0.2) is 34.8 Å². The Labute approximate surface area is 162 Å². The predicted molar refractivity (Wildman–Crippen MR) is 105 cm³/mol. The molecule has 0 atom stereocenters. The van der Waals surface area contributed by atoms with Gasteiger partial charge >= 0.3 is 0 Å². The van der Waals surface area contributed by atoms with E-state index in [-0.39, 0.29) is 0 Å². The normalized spacial score (nSPS) is 10.9. The number of hydrogen-bond acceptors (Lipinski definition) is 6. The van der Waals surface area contributed by atoms with Gasteiger partial charge in [0.15, 0.2) is 11.5 Å². The minimum atomic E-state index is 0.333. The van der Waals surface area contributed by atoms with Crippen LogP contribution in [0, 0.1) is 4.77 Å². The van der Waals surface area contributed by atoms with E-state index < -0.39 is 0 Å². The molecule has 0 radical (unpaired) electrons. The minimum absolute atomic E-state index is 0.333. The average Bonchev–Trinajstić information content (AvgIpc) is 3.11. The van der Waals surface area contributed by atoms with E-state index in [9.17, 15) is 0 Å². The Morgan fingerprint density at radius 2 is 1.93 bits per heavy atom. The quantitative estimate of drug-likeness (QED) is 0.472. The number of aromatic amines is 1. The lowest BCUT2D eigenvalue weighted by molar-refractivity contribution is 0.265. The second kappa shape index (κ2) is 9.00. The molecule has 7 nitrogen and oxygen atoms in total. The van der Waals surface area contributed by atoms with Gasteiger partial charge in [-0.2, -0.15) is 14.9 Å². The van der Waals surface area contributed by atoms with Gasteiger partial charge in [0.25, 0.3) is 0 Å². The summed E-state index contributed by atoms with van der Waals surface area (Å²) in [6.07, 6.45) is 3.21. The molecule has 0 amide bonds. The number of H-pyrrole nitrogens is 1. The SMILES string of the molecule is CCOc1ccccc1OCc1cc(/C=N\n2cn[nH]c2=S)ccc1OC. The number of benzene rings is 2. The summed E-state index contributed by atoms with van der Waals surface area (Å²) < 4.78 is 18.9. The minimum Gasteiger partial charge on any atom is -0.496 e. The zero-order valence-electron chi connectivity index (χ0n) is 15.1. The third-order valence-electron chi connectivity index (χ3n) is 3.70. The number of methoxy groups -OCH3 is 1. The van der Waals surface area contributed by atoms with E-state index in [1.54, 1.807) is 13.3 Å². The van der Waals surface area contributed by atoms with E-state index in [0.29, 0.717) is 29.5 Å². The van der Waals surface area contributed by atoms with Crippen molar-refractivity contribution in [1.29, 1.82) is 0 Å². The van der Waals surface area contributed by atoms with Crippen molar-refractivity contribution in [2.75, 3.05) is 13.7 Å². The van der Waals surface area contributed by atoms with Gasteiger partial charge in [0.05, 0.1) is 19.9 Å². The monoisotopic (exact) mass is 384 g/mol. The Hall–Kier alpha value is -3.13. The summed E-state index contributed by atoms with van der Waals surface area (Å²) in [4.78, 5) is 0. The summed E-state index contributed by atoms with van der Waals surface area (Å²) >= 11 is 5.07. The van der Waals surface area contributed by atoms with Crippen molar-refractivity contribution < 1.29 is 14.2 Å². The van der Waals surface area contributed by atoms with E-state index in [2.05, 4.69) is 15.3 Å². The first-order chi connectivity index (χ1) is 13.2. The van der Waals surface area contributed by atoms with E-state index >= 15 is 0 Å². The second-order valence-electron chi connectivity index (χ2n) is 5.49. The summed E-state index contributed by atoms with van der Waals surface area (Å²) in [5.41, 5.74) is 1.78. The molecule has 3 rings (SSSR count). The highest BCUT2D eigenvalue weighted by Crippen LogP contribution is 2.28. The van der Waals surface area contributed by atoms with Crippen LogP contribution in [0.4, 0.5) is 0 Å². The van der Waals surface area contributed by atoms with Crippen LogP contribution < -0.4 is 14.2 Å². The van der Waals surface area contributed by atoms with E-state index in [1.807, 2.05) is 49.4 Å². The largest absolute Gasteiger partial charge is 0.496 e. The van der Waals surface area contributed by atoms with Crippen LogP contribution in [0.1, 0.15) is 18.1 Å². The van der Waals surface area contributed by atoms with Crippen LogP contribution in [0.25, 0.3) is 0 Å². The van der Waals surface area contributed by atoms with Crippen LogP contribution in [0.2, 0.25) is 0 Å². The van der Waals surface area contributed by atoms with Gasteiger partial charge in [-0.15, -0.1) is 0 Å². The van der Waals surface area contributed by atoms with Crippen molar-refractivity contribution in [1.82, 2.24) is 14.9 Å². The Kier molecular flexibility index (Phi) is 6.22. The van der Waals surface area contributed by atoms with Crippen molar-refractivity contribution >= 4 is 18.4 Å². The van der Waals surface area contributed by atoms with Gasteiger partial charge in [0.2, 0.25) is 4.77 Å². The first-order valence-electron chi connectivity index (χ1n) is 8.39. The van der Waals surface area contributed by atoms with E-state index in [0.717, 1.165) is 16.9 Å². The van der Waals surface area contributed by atoms with Crippen molar-refractivity contribution in [3.8, 4) is 17.2 Å². The maximum absolute atomic E-state index is 5.96. The molecule has 3 aromatic rings. The van der Waals surface area contributed by atoms with Gasteiger partial charge in [-0.3, -0.25) is 5.10 Å². The topological polar surface area (TPSA) is 73.7 Å². The average molecular weight is 384 g/mol. The smallest absolute Gasteiger partial charge is 0.216 e. The van der Waals surface area contributed by atoms with Gasteiger partial charge in [-0.25, -0.2) is 0 Å². The second-order valence-corrected chi connectivity index (χ2v) is 5.88. The summed E-state index contributed by atoms with van der Waals surface area (Å²) in [5.74, 6) is 2.14. The lowest BCUT2D eigenvalue weighted by Crippen LogP contribution is -2.02. The molecule has 0 aliphatic rings. The highest BCUT2D eigenvalue weighted by molar-refractivity contribution is 7.71. The summed E-state index contributed by atoms with van der Waals surface area (Å²) in [6, 6.07) is 13.3. The first-order valence-corrected chi connectivity index (χ1v) is 8.80. The fraction of sp³-hybridized carbons (Fsp3) is 0.211. The summed E-state index contributed by atoms with van der Waals surface area (Å²) in [6.45, 7) is 2.85. The number of nitrogens with zero attached hydrogens (tertiary/aromatic N) is 3. The molecule has 1 N–H and O–H groups in total. The number of nitrogens with one attached hydrogen (secondary N) is 1. The van der Waals surface area contributed by atoms with Gasteiger partial charge in [0.1, 0.15) is 18.7 Å². The molecule has 0 saturated heterocycles.